The molecule has 3 unspecified atom stereocenters. The van der Waals surface area contributed by atoms with E-state index in [4.69, 9.17) is 0 Å². The topological polar surface area (TPSA) is 132 Å². The monoisotopic (exact) mass is 851 g/mol. The van der Waals surface area contributed by atoms with Gasteiger partial charge in [0.1, 0.15) is 32.5 Å². The standard InChI is InChI=1S/C50H53N5O4S2/c1-5-7-9-10-11-14-22-53-47(59)45(61-48(53)33(28-51)29-52)49-54(30-44(56)57)46(58)43(60-49)26-32-18-21-41-37(24-32)38-23-31(15-8-6-2)25-42(38)55(41)34-19-20-36-35-16-12-13-17-39(35)50(3,4)40(36)27-34/h12-13,16-21,24,26-27,31,38,42H,5-11,14-15,22-23,25,30H2,1-4H3,(H,56,57)/b43-26+,49-45+. The van der Waals surface area contributed by atoms with Gasteiger partial charge in [-0.2, -0.15) is 10.5 Å². The minimum atomic E-state index is -1.21. The second-order valence-electron chi connectivity index (χ2n) is 17.5. The van der Waals surface area contributed by atoms with Crippen molar-refractivity contribution in [2.24, 2.45) is 5.92 Å². The molecular weight excluding hydrogens is 799 g/mol. The SMILES string of the molecule is CCCCCCCCn1c(=C(C#N)C#N)s/c(=c2/s/c(=C/c3ccc4c(c3)C3CC(CCCC)CC3N4c3ccc4c(c3)C(C)(C)c3ccccc3-4)c(=O)n2CC(=O)O)c1=O. The molecule has 2 aromatic heterocycles. The summed E-state index contributed by atoms with van der Waals surface area (Å²) in [4.78, 5) is 43.0. The molecule has 8 rings (SSSR count). The Kier molecular flexibility index (Phi) is 12.1. The molecule has 0 spiro atoms. The zero-order chi connectivity index (χ0) is 43.0. The molecule has 5 aromatic rings. The Morgan fingerprint density at radius 1 is 0.852 bits per heavy atom. The van der Waals surface area contributed by atoms with Crippen LogP contribution in [0.3, 0.4) is 0 Å². The summed E-state index contributed by atoms with van der Waals surface area (Å²) in [5.74, 6) is -0.261. The van der Waals surface area contributed by atoms with Crippen molar-refractivity contribution in [2.45, 2.75) is 129 Å². The molecule has 314 valence electrons. The van der Waals surface area contributed by atoms with Gasteiger partial charge in [-0.25, -0.2) is 0 Å². The molecule has 0 amide bonds. The number of anilines is 2. The minimum absolute atomic E-state index is 0.118. The maximum atomic E-state index is 14.1. The van der Waals surface area contributed by atoms with Crippen LogP contribution in [0.15, 0.2) is 70.3 Å². The first-order valence-corrected chi connectivity index (χ1v) is 23.5. The molecule has 3 aliphatic rings. The second kappa shape index (κ2) is 17.5. The summed E-state index contributed by atoms with van der Waals surface area (Å²) in [6, 6.07) is 26.3. The van der Waals surface area contributed by atoms with E-state index in [-0.39, 0.29) is 24.8 Å². The molecule has 3 heterocycles. The van der Waals surface area contributed by atoms with Crippen molar-refractivity contribution in [3.8, 4) is 23.3 Å². The van der Waals surface area contributed by atoms with Crippen LogP contribution in [0.25, 0.3) is 22.8 Å². The number of benzene rings is 3. The van der Waals surface area contributed by atoms with E-state index in [2.05, 4.69) is 87.2 Å². The van der Waals surface area contributed by atoms with Crippen LogP contribution < -0.4 is 25.2 Å². The zero-order valence-corrected chi connectivity index (χ0v) is 37.1. The highest BCUT2D eigenvalue weighted by Crippen LogP contribution is 2.56. The number of rotatable bonds is 14. The molecule has 0 bridgehead atoms. The second-order valence-corrected chi connectivity index (χ2v) is 19.5. The number of carboxylic acid groups (broad SMARTS) is 1. The lowest BCUT2D eigenvalue weighted by Gasteiger charge is -2.30. The van der Waals surface area contributed by atoms with Gasteiger partial charge in [-0.05, 0) is 88.9 Å². The van der Waals surface area contributed by atoms with Gasteiger partial charge in [-0.15, -0.1) is 22.7 Å². The number of hydrogen-bond acceptors (Lipinski definition) is 8. The van der Waals surface area contributed by atoms with Crippen LogP contribution in [0.4, 0.5) is 11.4 Å². The maximum absolute atomic E-state index is 14.1. The van der Waals surface area contributed by atoms with Crippen LogP contribution in [0.1, 0.15) is 126 Å². The molecule has 11 heteroatoms. The third-order valence-electron chi connectivity index (χ3n) is 13.2. The Morgan fingerprint density at radius 3 is 2.34 bits per heavy atom. The summed E-state index contributed by atoms with van der Waals surface area (Å²) in [6.07, 6.45) is 13.6. The highest BCUT2D eigenvalue weighted by atomic mass is 32.1. The number of carboxylic acids is 1. The summed E-state index contributed by atoms with van der Waals surface area (Å²) in [6.45, 7) is 8.74. The third kappa shape index (κ3) is 7.72. The van der Waals surface area contributed by atoms with Crippen LogP contribution in [0.5, 0.6) is 0 Å². The van der Waals surface area contributed by atoms with E-state index in [1.165, 1.54) is 63.0 Å². The highest BCUT2D eigenvalue weighted by molar-refractivity contribution is 7.11. The Bertz CT molecular complexity index is 2940. The molecule has 1 aliphatic heterocycles. The van der Waals surface area contributed by atoms with Gasteiger partial charge >= 0.3 is 5.97 Å². The van der Waals surface area contributed by atoms with Crippen LogP contribution in [-0.2, 0) is 23.3 Å². The van der Waals surface area contributed by atoms with Crippen LogP contribution >= 0.6 is 22.7 Å². The number of nitrogens with zero attached hydrogens (tertiary/aromatic N) is 5. The van der Waals surface area contributed by atoms with Crippen LogP contribution in [0.2, 0.25) is 0 Å². The van der Waals surface area contributed by atoms with E-state index < -0.39 is 23.6 Å². The van der Waals surface area contributed by atoms with E-state index in [9.17, 15) is 30.0 Å². The average molecular weight is 852 g/mol. The van der Waals surface area contributed by atoms with Gasteiger partial charge in [0, 0.05) is 35.3 Å². The predicted molar refractivity (Wildman–Crippen MR) is 245 cm³/mol. The van der Waals surface area contributed by atoms with E-state index >= 15 is 0 Å². The molecular formula is C50H53N5O4S2. The first-order valence-electron chi connectivity index (χ1n) is 21.9. The largest absolute Gasteiger partial charge is 0.480 e. The lowest BCUT2D eigenvalue weighted by molar-refractivity contribution is -0.137. The van der Waals surface area contributed by atoms with Crippen molar-refractivity contribution in [1.29, 1.82) is 10.5 Å². The minimum Gasteiger partial charge on any atom is -0.480 e. The Morgan fingerprint density at radius 2 is 1.59 bits per heavy atom. The fourth-order valence-electron chi connectivity index (χ4n) is 10.2. The first kappa shape index (κ1) is 42.2. The molecule has 61 heavy (non-hydrogen) atoms. The number of hydrogen-bond donors (Lipinski definition) is 1. The molecule has 1 saturated carbocycles. The number of aliphatic carboxylic acids is 1. The number of nitriles is 2. The highest BCUT2D eigenvalue weighted by Gasteiger charge is 2.46. The number of fused-ring (bicyclic) bond motifs is 6. The quantitative estimate of drug-likeness (QED) is 0.110. The van der Waals surface area contributed by atoms with E-state index in [1.807, 2.05) is 24.3 Å². The zero-order valence-electron chi connectivity index (χ0n) is 35.5. The molecule has 3 atom stereocenters. The van der Waals surface area contributed by atoms with Crippen molar-refractivity contribution in [3.05, 3.63) is 122 Å². The molecule has 0 saturated heterocycles. The van der Waals surface area contributed by atoms with Crippen molar-refractivity contribution < 1.29 is 9.90 Å². The van der Waals surface area contributed by atoms with Gasteiger partial charge in [-0.1, -0.05) is 115 Å². The van der Waals surface area contributed by atoms with Crippen LogP contribution in [0, 0.1) is 37.8 Å². The van der Waals surface area contributed by atoms with E-state index in [0.717, 1.165) is 77.7 Å². The van der Waals surface area contributed by atoms with Gasteiger partial charge in [0.05, 0.1) is 4.53 Å². The van der Waals surface area contributed by atoms with Gasteiger partial charge in [0.2, 0.25) is 0 Å². The molecule has 3 aromatic carbocycles. The molecule has 1 N–H and O–H groups in total. The number of aromatic nitrogens is 2. The normalized spacial score (nSPS) is 19.0. The van der Waals surface area contributed by atoms with E-state index in [1.54, 1.807) is 0 Å². The van der Waals surface area contributed by atoms with Gasteiger partial charge in [0.25, 0.3) is 11.1 Å². The summed E-state index contributed by atoms with van der Waals surface area (Å²) in [7, 11) is 0. The van der Waals surface area contributed by atoms with Gasteiger partial charge in [-0.3, -0.25) is 23.5 Å². The fraction of sp³-hybridized carbons (Fsp3) is 0.420. The third-order valence-corrected chi connectivity index (χ3v) is 15.7. The van der Waals surface area contributed by atoms with E-state index in [0.29, 0.717) is 35.4 Å². The molecule has 1 fully saturated rings. The van der Waals surface area contributed by atoms with Gasteiger partial charge in [0.15, 0.2) is 5.57 Å². The number of unbranched alkanes of at least 4 members (excludes halogenated alkanes) is 6. The number of thiazole rings is 2. The summed E-state index contributed by atoms with van der Waals surface area (Å²) < 4.78 is 3.53. The Balaban J connectivity index is 1.23. The fourth-order valence-corrected chi connectivity index (χ4v) is 12.6. The summed E-state index contributed by atoms with van der Waals surface area (Å²) in [5.41, 5.74) is 8.56. The van der Waals surface area contributed by atoms with Gasteiger partial charge < -0.3 is 10.0 Å². The van der Waals surface area contributed by atoms with Crippen molar-refractivity contribution in [2.75, 3.05) is 4.90 Å². The van der Waals surface area contributed by atoms with Crippen LogP contribution in [-0.4, -0.2) is 26.3 Å². The summed E-state index contributed by atoms with van der Waals surface area (Å²) >= 11 is 2.06. The van der Waals surface area contributed by atoms with Crippen molar-refractivity contribution >= 4 is 51.7 Å². The average Bonchev–Trinajstić information content (AvgIpc) is 4.02. The van der Waals surface area contributed by atoms with Crippen molar-refractivity contribution in [3.63, 3.8) is 0 Å². The molecule has 9 nitrogen and oxygen atoms in total. The van der Waals surface area contributed by atoms with Crippen molar-refractivity contribution in [1.82, 2.24) is 9.13 Å². The number of carbonyl (C=O) groups is 1. The molecule has 2 aliphatic carbocycles. The smallest absolute Gasteiger partial charge is 0.323 e. The molecule has 0 radical (unpaired) electrons. The maximum Gasteiger partial charge on any atom is 0.323 e. The predicted octanol–water partition coefficient (Wildman–Crippen LogP) is 9.40. The summed E-state index contributed by atoms with van der Waals surface area (Å²) in [5, 5.41) is 29.6. The Hall–Kier alpha value is -5.49. The Labute approximate surface area is 364 Å². The lowest BCUT2D eigenvalue weighted by Crippen LogP contribution is -2.30. The first-order chi connectivity index (χ1) is 29.5. The lowest BCUT2D eigenvalue weighted by atomic mass is 9.82.